The highest BCUT2D eigenvalue weighted by atomic mass is 15.2. The SMILES string of the molecule is CC1CCC(N2CCC(CNC(C)C)C2)C1. The lowest BCUT2D eigenvalue weighted by atomic mass is 10.1. The van der Waals surface area contributed by atoms with Crippen LogP contribution < -0.4 is 5.32 Å². The monoisotopic (exact) mass is 224 g/mol. The Morgan fingerprint density at radius 3 is 2.69 bits per heavy atom. The Hall–Kier alpha value is -0.0800. The molecule has 1 N–H and O–H groups in total. The lowest BCUT2D eigenvalue weighted by Gasteiger charge is -2.24. The molecule has 1 aliphatic heterocycles. The minimum atomic E-state index is 0.639. The van der Waals surface area contributed by atoms with Crippen molar-refractivity contribution in [1.82, 2.24) is 10.2 Å². The van der Waals surface area contributed by atoms with Crippen molar-refractivity contribution in [2.45, 2.75) is 58.5 Å². The molecule has 0 aromatic heterocycles. The predicted molar refractivity (Wildman–Crippen MR) is 69.6 cm³/mol. The third-order valence-electron chi connectivity index (χ3n) is 4.32. The quantitative estimate of drug-likeness (QED) is 0.789. The summed E-state index contributed by atoms with van der Waals surface area (Å²) in [7, 11) is 0. The van der Waals surface area contributed by atoms with E-state index in [1.54, 1.807) is 0 Å². The Kier molecular flexibility index (Phi) is 4.26. The van der Waals surface area contributed by atoms with Crippen LogP contribution >= 0.6 is 0 Å². The number of rotatable bonds is 4. The first-order valence-corrected chi connectivity index (χ1v) is 7.12. The van der Waals surface area contributed by atoms with E-state index in [1.165, 1.54) is 45.3 Å². The van der Waals surface area contributed by atoms with Crippen molar-refractivity contribution in [2.75, 3.05) is 19.6 Å². The van der Waals surface area contributed by atoms with Gasteiger partial charge in [0.15, 0.2) is 0 Å². The molecule has 2 heteroatoms. The maximum Gasteiger partial charge on any atom is 0.00980 e. The molecule has 16 heavy (non-hydrogen) atoms. The molecular weight excluding hydrogens is 196 g/mol. The van der Waals surface area contributed by atoms with Crippen LogP contribution in [0.2, 0.25) is 0 Å². The molecule has 1 saturated carbocycles. The van der Waals surface area contributed by atoms with Crippen molar-refractivity contribution in [3.8, 4) is 0 Å². The summed E-state index contributed by atoms with van der Waals surface area (Å²) >= 11 is 0. The van der Waals surface area contributed by atoms with Gasteiger partial charge >= 0.3 is 0 Å². The van der Waals surface area contributed by atoms with Crippen LogP contribution in [0, 0.1) is 11.8 Å². The highest BCUT2D eigenvalue weighted by Gasteiger charge is 2.31. The van der Waals surface area contributed by atoms with Gasteiger partial charge in [-0.15, -0.1) is 0 Å². The summed E-state index contributed by atoms with van der Waals surface area (Å²) in [4.78, 5) is 2.76. The van der Waals surface area contributed by atoms with Gasteiger partial charge in [-0.1, -0.05) is 20.8 Å². The average molecular weight is 224 g/mol. The van der Waals surface area contributed by atoms with Gasteiger partial charge in [0, 0.05) is 18.6 Å². The van der Waals surface area contributed by atoms with Crippen molar-refractivity contribution in [3.63, 3.8) is 0 Å². The zero-order chi connectivity index (χ0) is 11.5. The van der Waals surface area contributed by atoms with E-state index in [1.807, 2.05) is 0 Å². The van der Waals surface area contributed by atoms with E-state index in [0.29, 0.717) is 6.04 Å². The third kappa shape index (κ3) is 3.21. The molecule has 0 amide bonds. The van der Waals surface area contributed by atoms with Gasteiger partial charge < -0.3 is 10.2 Å². The summed E-state index contributed by atoms with van der Waals surface area (Å²) in [6.45, 7) is 10.8. The molecule has 2 fully saturated rings. The molecule has 94 valence electrons. The molecule has 0 spiro atoms. The fourth-order valence-electron chi connectivity index (χ4n) is 3.27. The molecule has 3 atom stereocenters. The van der Waals surface area contributed by atoms with Crippen LogP contribution in [-0.4, -0.2) is 36.6 Å². The highest BCUT2D eigenvalue weighted by Crippen LogP contribution is 2.31. The Balaban J connectivity index is 1.71. The van der Waals surface area contributed by atoms with Gasteiger partial charge in [0.1, 0.15) is 0 Å². The zero-order valence-corrected chi connectivity index (χ0v) is 11.2. The van der Waals surface area contributed by atoms with E-state index in [4.69, 9.17) is 0 Å². The molecule has 0 bridgehead atoms. The normalized spacial score (nSPS) is 36.4. The van der Waals surface area contributed by atoms with Crippen LogP contribution in [0.1, 0.15) is 46.5 Å². The fourth-order valence-corrected chi connectivity index (χ4v) is 3.27. The van der Waals surface area contributed by atoms with Crippen LogP contribution in [0.5, 0.6) is 0 Å². The highest BCUT2D eigenvalue weighted by molar-refractivity contribution is 4.87. The molecule has 0 radical (unpaired) electrons. The number of nitrogens with one attached hydrogen (secondary N) is 1. The maximum absolute atomic E-state index is 3.58. The Morgan fingerprint density at radius 1 is 1.25 bits per heavy atom. The van der Waals surface area contributed by atoms with Crippen molar-refractivity contribution in [1.29, 1.82) is 0 Å². The van der Waals surface area contributed by atoms with Crippen LogP contribution in [0.15, 0.2) is 0 Å². The van der Waals surface area contributed by atoms with Gasteiger partial charge in [-0.2, -0.15) is 0 Å². The van der Waals surface area contributed by atoms with E-state index < -0.39 is 0 Å². The van der Waals surface area contributed by atoms with Crippen molar-refractivity contribution < 1.29 is 0 Å². The van der Waals surface area contributed by atoms with Gasteiger partial charge in [0.05, 0.1) is 0 Å². The largest absolute Gasteiger partial charge is 0.314 e. The molecule has 0 aromatic carbocycles. The first-order chi connectivity index (χ1) is 7.65. The lowest BCUT2D eigenvalue weighted by molar-refractivity contribution is 0.232. The van der Waals surface area contributed by atoms with E-state index in [-0.39, 0.29) is 0 Å². The minimum Gasteiger partial charge on any atom is -0.314 e. The van der Waals surface area contributed by atoms with Crippen molar-refractivity contribution in [2.24, 2.45) is 11.8 Å². The molecule has 1 aliphatic carbocycles. The molecule has 2 nitrogen and oxygen atoms in total. The molecule has 0 aromatic rings. The second-order valence-electron chi connectivity index (χ2n) is 6.28. The first kappa shape index (κ1) is 12.4. The molecular formula is C14H28N2. The van der Waals surface area contributed by atoms with E-state index in [0.717, 1.165) is 17.9 Å². The Bertz CT molecular complexity index is 215. The number of hydrogen-bond acceptors (Lipinski definition) is 2. The van der Waals surface area contributed by atoms with Crippen LogP contribution in [0.4, 0.5) is 0 Å². The van der Waals surface area contributed by atoms with Gasteiger partial charge in [-0.25, -0.2) is 0 Å². The Morgan fingerprint density at radius 2 is 2.06 bits per heavy atom. The summed E-state index contributed by atoms with van der Waals surface area (Å²) in [5, 5.41) is 3.58. The number of hydrogen-bond donors (Lipinski definition) is 1. The van der Waals surface area contributed by atoms with Crippen LogP contribution in [0.25, 0.3) is 0 Å². The first-order valence-electron chi connectivity index (χ1n) is 7.12. The smallest absolute Gasteiger partial charge is 0.00980 e. The molecule has 1 saturated heterocycles. The molecule has 1 heterocycles. The average Bonchev–Trinajstić information content (AvgIpc) is 2.83. The fraction of sp³-hybridized carbons (Fsp3) is 1.00. The van der Waals surface area contributed by atoms with Crippen molar-refractivity contribution >= 4 is 0 Å². The van der Waals surface area contributed by atoms with Crippen molar-refractivity contribution in [3.05, 3.63) is 0 Å². The zero-order valence-electron chi connectivity index (χ0n) is 11.2. The third-order valence-corrected chi connectivity index (χ3v) is 4.32. The summed E-state index contributed by atoms with van der Waals surface area (Å²) < 4.78 is 0. The standard InChI is InChI=1S/C14H28N2/c1-11(2)15-9-13-6-7-16(10-13)14-5-4-12(3)8-14/h11-15H,4-10H2,1-3H3. The summed E-state index contributed by atoms with van der Waals surface area (Å²) in [5.41, 5.74) is 0. The van der Waals surface area contributed by atoms with E-state index in [9.17, 15) is 0 Å². The lowest BCUT2D eigenvalue weighted by Crippen LogP contribution is -2.34. The van der Waals surface area contributed by atoms with E-state index in [2.05, 4.69) is 31.0 Å². The van der Waals surface area contributed by atoms with Crippen LogP contribution in [0.3, 0.4) is 0 Å². The second-order valence-corrected chi connectivity index (χ2v) is 6.28. The number of likely N-dealkylation sites (tertiary alicyclic amines) is 1. The molecule has 2 aliphatic rings. The molecule has 2 rings (SSSR count). The Labute approximate surface area is 101 Å². The van der Waals surface area contributed by atoms with Gasteiger partial charge in [0.2, 0.25) is 0 Å². The maximum atomic E-state index is 3.58. The minimum absolute atomic E-state index is 0.639. The summed E-state index contributed by atoms with van der Waals surface area (Å²) in [6, 6.07) is 1.56. The van der Waals surface area contributed by atoms with Crippen LogP contribution in [-0.2, 0) is 0 Å². The van der Waals surface area contributed by atoms with Gasteiger partial charge in [0.25, 0.3) is 0 Å². The number of nitrogens with zero attached hydrogens (tertiary/aromatic N) is 1. The van der Waals surface area contributed by atoms with E-state index >= 15 is 0 Å². The van der Waals surface area contributed by atoms with Gasteiger partial charge in [-0.05, 0) is 50.6 Å². The predicted octanol–water partition coefficient (Wildman–Crippen LogP) is 2.49. The second kappa shape index (κ2) is 5.50. The van der Waals surface area contributed by atoms with Gasteiger partial charge in [-0.3, -0.25) is 0 Å². The topological polar surface area (TPSA) is 15.3 Å². The summed E-state index contributed by atoms with van der Waals surface area (Å²) in [6.07, 6.45) is 5.76. The summed E-state index contributed by atoms with van der Waals surface area (Å²) in [5.74, 6) is 1.87. The molecule has 3 unspecified atom stereocenters.